The van der Waals surface area contributed by atoms with Gasteiger partial charge in [0.1, 0.15) is 5.57 Å². The number of anilines is 2. The maximum atomic E-state index is 13.0. The molecule has 0 aromatic heterocycles. The zero-order chi connectivity index (χ0) is 20.8. The molecule has 0 spiro atoms. The third kappa shape index (κ3) is 5.20. The molecule has 0 aliphatic rings. The highest BCUT2D eigenvalue weighted by Crippen LogP contribution is 2.19. The van der Waals surface area contributed by atoms with E-state index in [9.17, 15) is 9.59 Å². The standard InChI is InChI=1S/C25H24N2O2/c1-17-12-14-20(15-13-17)16-21(24(28)26-22-10-6-4-8-18(22)2)25(29)27-23-11-7-5-9-19(23)3/h4-16H,1-3H3,(H,26,28)(H,27,29). The molecule has 2 N–H and O–H groups in total. The summed E-state index contributed by atoms with van der Waals surface area (Å²) < 4.78 is 0. The predicted octanol–water partition coefficient (Wildman–Crippen LogP) is 5.27. The Morgan fingerprint density at radius 1 is 0.655 bits per heavy atom. The summed E-state index contributed by atoms with van der Waals surface area (Å²) in [4.78, 5) is 26.0. The molecule has 0 aliphatic carbocycles. The van der Waals surface area contributed by atoms with Gasteiger partial charge in [0, 0.05) is 11.4 Å². The lowest BCUT2D eigenvalue weighted by molar-refractivity contribution is -0.118. The Balaban J connectivity index is 1.93. The zero-order valence-corrected chi connectivity index (χ0v) is 16.8. The Kier molecular flexibility index (Phi) is 6.25. The Morgan fingerprint density at radius 3 is 1.55 bits per heavy atom. The number of nitrogens with one attached hydrogen (secondary N) is 2. The number of aryl methyl sites for hydroxylation is 3. The van der Waals surface area contributed by atoms with Gasteiger partial charge in [-0.15, -0.1) is 0 Å². The summed E-state index contributed by atoms with van der Waals surface area (Å²) in [6.07, 6.45) is 1.61. The maximum Gasteiger partial charge on any atom is 0.261 e. The highest BCUT2D eigenvalue weighted by atomic mass is 16.2. The van der Waals surface area contributed by atoms with Crippen molar-refractivity contribution in [1.29, 1.82) is 0 Å². The van der Waals surface area contributed by atoms with Crippen LogP contribution in [0.2, 0.25) is 0 Å². The molecule has 0 unspecified atom stereocenters. The van der Waals surface area contributed by atoms with Crippen molar-refractivity contribution in [2.24, 2.45) is 0 Å². The number of benzene rings is 3. The second kappa shape index (κ2) is 9.02. The average Bonchev–Trinajstić information content (AvgIpc) is 2.71. The van der Waals surface area contributed by atoms with Gasteiger partial charge in [0.25, 0.3) is 11.8 Å². The van der Waals surface area contributed by atoms with Crippen LogP contribution in [0.4, 0.5) is 11.4 Å². The van der Waals surface area contributed by atoms with Crippen molar-refractivity contribution in [3.8, 4) is 0 Å². The number of carbonyl (C=O) groups is 2. The number of carbonyl (C=O) groups excluding carboxylic acids is 2. The van der Waals surface area contributed by atoms with Crippen LogP contribution in [0.25, 0.3) is 6.08 Å². The monoisotopic (exact) mass is 384 g/mol. The van der Waals surface area contributed by atoms with Crippen molar-refractivity contribution in [3.05, 3.63) is 101 Å². The number of amides is 2. The molecule has 0 fully saturated rings. The second-order valence-corrected chi connectivity index (χ2v) is 7.01. The van der Waals surface area contributed by atoms with Crippen molar-refractivity contribution >= 4 is 29.3 Å². The summed E-state index contributed by atoms with van der Waals surface area (Å²) in [5.74, 6) is -0.906. The molecular formula is C25H24N2O2. The van der Waals surface area contributed by atoms with Crippen molar-refractivity contribution < 1.29 is 9.59 Å². The van der Waals surface area contributed by atoms with Gasteiger partial charge in [-0.05, 0) is 55.7 Å². The molecule has 3 aromatic carbocycles. The highest BCUT2D eigenvalue weighted by molar-refractivity contribution is 6.29. The van der Waals surface area contributed by atoms with E-state index in [0.717, 1.165) is 22.3 Å². The minimum Gasteiger partial charge on any atom is -0.322 e. The molecule has 29 heavy (non-hydrogen) atoms. The van der Waals surface area contributed by atoms with Crippen LogP contribution < -0.4 is 10.6 Å². The van der Waals surface area contributed by atoms with E-state index in [4.69, 9.17) is 0 Å². The van der Waals surface area contributed by atoms with E-state index < -0.39 is 11.8 Å². The molecule has 0 bridgehead atoms. The van der Waals surface area contributed by atoms with Gasteiger partial charge in [-0.3, -0.25) is 9.59 Å². The van der Waals surface area contributed by atoms with Crippen molar-refractivity contribution in [2.45, 2.75) is 20.8 Å². The minimum atomic E-state index is -0.453. The molecule has 0 heterocycles. The second-order valence-electron chi connectivity index (χ2n) is 7.01. The molecule has 0 radical (unpaired) electrons. The molecular weight excluding hydrogens is 360 g/mol. The van der Waals surface area contributed by atoms with E-state index in [2.05, 4.69) is 10.6 Å². The molecule has 0 atom stereocenters. The fraction of sp³-hybridized carbons (Fsp3) is 0.120. The third-order valence-corrected chi connectivity index (χ3v) is 4.66. The summed E-state index contributed by atoms with van der Waals surface area (Å²) in [6.45, 7) is 5.81. The first-order valence-corrected chi connectivity index (χ1v) is 9.46. The van der Waals surface area contributed by atoms with E-state index in [1.807, 2.05) is 93.6 Å². The van der Waals surface area contributed by atoms with E-state index in [1.54, 1.807) is 6.08 Å². The predicted molar refractivity (Wildman–Crippen MR) is 119 cm³/mol. The van der Waals surface area contributed by atoms with Gasteiger partial charge in [0.2, 0.25) is 0 Å². The Bertz CT molecular complexity index is 1000. The Morgan fingerprint density at radius 2 is 1.10 bits per heavy atom. The zero-order valence-electron chi connectivity index (χ0n) is 16.8. The summed E-state index contributed by atoms with van der Waals surface area (Å²) in [5.41, 5.74) is 5.14. The maximum absolute atomic E-state index is 13.0. The van der Waals surface area contributed by atoms with Gasteiger partial charge >= 0.3 is 0 Å². The topological polar surface area (TPSA) is 58.2 Å². The molecule has 146 valence electrons. The lowest BCUT2D eigenvalue weighted by Gasteiger charge is -2.13. The summed E-state index contributed by atoms with van der Waals surface area (Å²) in [5, 5.41) is 5.71. The van der Waals surface area contributed by atoms with Gasteiger partial charge in [-0.1, -0.05) is 66.2 Å². The summed E-state index contributed by atoms with van der Waals surface area (Å²) in [7, 11) is 0. The Labute approximate surface area is 171 Å². The van der Waals surface area contributed by atoms with Crippen LogP contribution >= 0.6 is 0 Å². The van der Waals surface area contributed by atoms with Gasteiger partial charge in [0.15, 0.2) is 0 Å². The normalized spacial score (nSPS) is 10.2. The van der Waals surface area contributed by atoms with Gasteiger partial charge < -0.3 is 10.6 Å². The van der Waals surface area contributed by atoms with Crippen LogP contribution in [0.5, 0.6) is 0 Å². The van der Waals surface area contributed by atoms with Gasteiger partial charge in [-0.25, -0.2) is 0 Å². The quantitative estimate of drug-likeness (QED) is 0.357. The number of hydrogen-bond donors (Lipinski definition) is 2. The van der Waals surface area contributed by atoms with E-state index in [-0.39, 0.29) is 5.57 Å². The molecule has 3 aromatic rings. The molecule has 2 amide bonds. The molecule has 4 nitrogen and oxygen atoms in total. The average molecular weight is 384 g/mol. The van der Waals surface area contributed by atoms with E-state index in [1.165, 1.54) is 0 Å². The van der Waals surface area contributed by atoms with Crippen LogP contribution in [0.3, 0.4) is 0 Å². The van der Waals surface area contributed by atoms with E-state index >= 15 is 0 Å². The van der Waals surface area contributed by atoms with Gasteiger partial charge in [0.05, 0.1) is 0 Å². The van der Waals surface area contributed by atoms with Crippen molar-refractivity contribution in [2.75, 3.05) is 10.6 Å². The highest BCUT2D eigenvalue weighted by Gasteiger charge is 2.20. The van der Waals surface area contributed by atoms with Crippen LogP contribution in [0, 0.1) is 20.8 Å². The molecule has 0 aliphatic heterocycles. The lowest BCUT2D eigenvalue weighted by atomic mass is 10.1. The SMILES string of the molecule is Cc1ccc(C=C(C(=O)Nc2ccccc2C)C(=O)Nc2ccccc2C)cc1. The van der Waals surface area contributed by atoms with Crippen LogP contribution in [0.15, 0.2) is 78.4 Å². The lowest BCUT2D eigenvalue weighted by Crippen LogP contribution is -2.25. The van der Waals surface area contributed by atoms with Gasteiger partial charge in [-0.2, -0.15) is 0 Å². The smallest absolute Gasteiger partial charge is 0.261 e. The summed E-state index contributed by atoms with van der Waals surface area (Å²) in [6, 6.07) is 22.6. The fourth-order valence-corrected chi connectivity index (χ4v) is 2.87. The number of para-hydroxylation sites is 2. The molecule has 4 heteroatoms. The summed E-state index contributed by atoms with van der Waals surface area (Å²) >= 11 is 0. The minimum absolute atomic E-state index is 0.0420. The first-order chi connectivity index (χ1) is 13.9. The first kappa shape index (κ1) is 20.1. The molecule has 3 rings (SSSR count). The first-order valence-electron chi connectivity index (χ1n) is 9.46. The molecule has 0 saturated heterocycles. The Hall–Kier alpha value is -3.66. The van der Waals surface area contributed by atoms with E-state index in [0.29, 0.717) is 11.4 Å². The largest absolute Gasteiger partial charge is 0.322 e. The molecule has 0 saturated carbocycles. The van der Waals surface area contributed by atoms with Crippen LogP contribution in [-0.4, -0.2) is 11.8 Å². The fourth-order valence-electron chi connectivity index (χ4n) is 2.87. The number of hydrogen-bond acceptors (Lipinski definition) is 2. The number of rotatable bonds is 5. The van der Waals surface area contributed by atoms with Crippen LogP contribution in [-0.2, 0) is 9.59 Å². The van der Waals surface area contributed by atoms with Crippen molar-refractivity contribution in [1.82, 2.24) is 0 Å². The van der Waals surface area contributed by atoms with Crippen molar-refractivity contribution in [3.63, 3.8) is 0 Å². The van der Waals surface area contributed by atoms with Crippen LogP contribution in [0.1, 0.15) is 22.3 Å². The third-order valence-electron chi connectivity index (χ3n) is 4.66.